The van der Waals surface area contributed by atoms with Crippen molar-refractivity contribution < 1.29 is 27.1 Å². The van der Waals surface area contributed by atoms with Gasteiger partial charge in [0.05, 0.1) is 16.8 Å². The minimum absolute atomic E-state index is 0.0126. The Labute approximate surface area is 245 Å². The number of rotatable bonds is 8. The van der Waals surface area contributed by atoms with E-state index < -0.39 is 33.3 Å². The number of ether oxygens (including phenoxy) is 1. The number of halogens is 1. The van der Waals surface area contributed by atoms with E-state index in [9.17, 15) is 22.4 Å². The predicted molar refractivity (Wildman–Crippen MR) is 161 cm³/mol. The lowest BCUT2D eigenvalue weighted by molar-refractivity contribution is 0.0733. The Morgan fingerprint density at radius 1 is 1.10 bits per heavy atom. The summed E-state index contributed by atoms with van der Waals surface area (Å²) >= 11 is 0. The van der Waals surface area contributed by atoms with E-state index in [-0.39, 0.29) is 17.9 Å². The molecule has 5 N–H and O–H groups in total. The number of hydrogen-bond acceptors (Lipinski definition) is 7. The minimum atomic E-state index is -3.74. The van der Waals surface area contributed by atoms with Crippen LogP contribution in [0.1, 0.15) is 55.6 Å². The van der Waals surface area contributed by atoms with Crippen LogP contribution in [0.25, 0.3) is 22.0 Å². The van der Waals surface area contributed by atoms with Crippen molar-refractivity contribution in [1.82, 2.24) is 14.6 Å². The summed E-state index contributed by atoms with van der Waals surface area (Å²) in [6.07, 6.45) is 2.62. The molecule has 0 bridgehead atoms. The summed E-state index contributed by atoms with van der Waals surface area (Å²) in [7, 11) is -1.93. The zero-order valence-electron chi connectivity index (χ0n) is 24.1. The van der Waals surface area contributed by atoms with E-state index in [1.807, 2.05) is 27.0 Å². The van der Waals surface area contributed by atoms with Crippen LogP contribution >= 0.6 is 0 Å². The first-order valence-corrected chi connectivity index (χ1v) is 15.9. The van der Waals surface area contributed by atoms with Crippen LogP contribution in [0.3, 0.4) is 0 Å². The highest BCUT2D eigenvalue weighted by atomic mass is 32.2. The monoisotopic (exact) mass is 599 g/mol. The second-order valence-electron chi connectivity index (χ2n) is 12.0. The van der Waals surface area contributed by atoms with Gasteiger partial charge >= 0.3 is 6.09 Å². The molecule has 2 heterocycles. The smallest absolute Gasteiger partial charge is 0.407 e. The number of likely N-dealkylation sites (N-methyl/N-ethyl adjacent to an activating group) is 1. The van der Waals surface area contributed by atoms with Crippen molar-refractivity contribution in [3.63, 3.8) is 0 Å². The number of fused-ring (bicyclic) bond motifs is 3. The van der Waals surface area contributed by atoms with E-state index in [1.54, 1.807) is 18.2 Å². The van der Waals surface area contributed by atoms with Gasteiger partial charge in [-0.05, 0) is 80.5 Å². The number of nitrogens with two attached hydrogens (primary N) is 1. The molecule has 1 aliphatic carbocycles. The molecule has 3 aromatic rings. The molecule has 12 heteroatoms. The fourth-order valence-electron chi connectivity index (χ4n) is 6.21. The average Bonchev–Trinajstić information content (AvgIpc) is 3.22. The van der Waals surface area contributed by atoms with E-state index >= 15 is 0 Å². The SMILES string of the molecule is CNCCNC(=O)O[C@H]1CC[C@H](Nc2cc(-c3c4n(c5cc(F)ccc35)S(=O)(=O)CC(C)(C)C4)ccc2C(N)=O)CC1. The number of anilines is 1. The number of nitrogens with one attached hydrogen (secondary N) is 3. The third-order valence-corrected chi connectivity index (χ3v) is 10.1. The normalized spacial score (nSPS) is 21.0. The molecular formula is C30H38FN5O5S. The Kier molecular flexibility index (Phi) is 8.21. The molecule has 2 aromatic carbocycles. The Morgan fingerprint density at radius 2 is 1.83 bits per heavy atom. The standard InChI is InChI=1S/C30H38FN5O5S/c1-30(2)16-26-27(23-11-5-19(31)15-25(23)36(26)42(39,40)17-30)18-4-10-22(28(32)37)24(14-18)35-20-6-8-21(9-7-20)41-29(38)34-13-12-33-3/h4-5,10-11,14-15,20-21,33,35H,6-9,12-13,16-17H2,1-3H3,(H2,32,37)(H,34,38)/t20-,21-. The number of benzene rings is 2. The number of carbonyl (C=O) groups is 2. The predicted octanol–water partition coefficient (Wildman–Crippen LogP) is 3.98. The van der Waals surface area contributed by atoms with Crippen molar-refractivity contribution in [2.24, 2.45) is 11.1 Å². The first kappa shape index (κ1) is 29.8. The van der Waals surface area contributed by atoms with Gasteiger partial charge in [0.25, 0.3) is 5.91 Å². The van der Waals surface area contributed by atoms with Gasteiger partial charge in [-0.25, -0.2) is 21.6 Å². The molecule has 0 atom stereocenters. The number of hydrogen-bond donors (Lipinski definition) is 4. The van der Waals surface area contributed by atoms with Crippen LogP contribution in [-0.2, 0) is 21.2 Å². The second kappa shape index (κ2) is 11.6. The highest BCUT2D eigenvalue weighted by Crippen LogP contribution is 2.44. The molecule has 2 amide bonds. The molecule has 1 saturated carbocycles. The van der Waals surface area contributed by atoms with Crippen LogP contribution in [0.5, 0.6) is 0 Å². The average molecular weight is 600 g/mol. The summed E-state index contributed by atoms with van der Waals surface area (Å²) in [6, 6.07) is 9.44. The summed E-state index contributed by atoms with van der Waals surface area (Å²) in [5.41, 5.74) is 8.37. The van der Waals surface area contributed by atoms with E-state index in [4.69, 9.17) is 10.5 Å². The highest BCUT2D eigenvalue weighted by molar-refractivity contribution is 7.90. The molecule has 0 saturated heterocycles. The zero-order chi connectivity index (χ0) is 30.2. The van der Waals surface area contributed by atoms with Crippen LogP contribution in [0.15, 0.2) is 36.4 Å². The number of aromatic nitrogens is 1. The van der Waals surface area contributed by atoms with Crippen LogP contribution in [-0.4, -0.2) is 62.4 Å². The Balaban J connectivity index is 1.45. The molecule has 10 nitrogen and oxygen atoms in total. The van der Waals surface area contributed by atoms with Gasteiger partial charge in [0.15, 0.2) is 0 Å². The largest absolute Gasteiger partial charge is 0.446 e. The number of alkyl carbamates (subject to hydrolysis) is 1. The van der Waals surface area contributed by atoms with Crippen molar-refractivity contribution in [3.8, 4) is 11.1 Å². The molecule has 0 radical (unpaired) electrons. The van der Waals surface area contributed by atoms with E-state index in [2.05, 4.69) is 16.0 Å². The van der Waals surface area contributed by atoms with Gasteiger partial charge in [-0.3, -0.25) is 4.79 Å². The molecular weight excluding hydrogens is 561 g/mol. The quantitative estimate of drug-likeness (QED) is 0.287. The molecule has 1 aromatic heterocycles. The lowest BCUT2D eigenvalue weighted by atomic mass is 9.87. The van der Waals surface area contributed by atoms with Crippen LogP contribution in [0, 0.1) is 11.2 Å². The van der Waals surface area contributed by atoms with Gasteiger partial charge in [0, 0.05) is 41.5 Å². The van der Waals surface area contributed by atoms with Gasteiger partial charge in [-0.15, -0.1) is 0 Å². The summed E-state index contributed by atoms with van der Waals surface area (Å²) in [5.74, 6) is -1.16. The first-order valence-electron chi connectivity index (χ1n) is 14.2. The first-order chi connectivity index (χ1) is 19.9. The Bertz CT molecular complexity index is 1630. The molecule has 0 unspecified atom stereocenters. The zero-order valence-corrected chi connectivity index (χ0v) is 24.9. The molecule has 1 aliphatic heterocycles. The lowest BCUT2D eigenvalue weighted by Gasteiger charge is -2.31. The summed E-state index contributed by atoms with van der Waals surface area (Å²) in [6.45, 7) is 4.95. The second-order valence-corrected chi connectivity index (χ2v) is 13.8. The molecule has 5 rings (SSSR count). The molecule has 2 aliphatic rings. The van der Waals surface area contributed by atoms with Crippen LogP contribution < -0.4 is 21.7 Å². The van der Waals surface area contributed by atoms with E-state index in [0.29, 0.717) is 84.2 Å². The van der Waals surface area contributed by atoms with Crippen molar-refractivity contribution in [3.05, 3.63) is 53.5 Å². The van der Waals surface area contributed by atoms with Gasteiger partial charge in [-0.2, -0.15) is 0 Å². The molecule has 1 fully saturated rings. The highest BCUT2D eigenvalue weighted by Gasteiger charge is 2.39. The van der Waals surface area contributed by atoms with Crippen LogP contribution in [0.2, 0.25) is 0 Å². The third kappa shape index (κ3) is 6.10. The van der Waals surface area contributed by atoms with E-state index in [1.165, 1.54) is 16.1 Å². The van der Waals surface area contributed by atoms with E-state index in [0.717, 1.165) is 0 Å². The molecule has 226 valence electrons. The van der Waals surface area contributed by atoms with Crippen molar-refractivity contribution in [2.75, 3.05) is 31.2 Å². The fraction of sp³-hybridized carbons (Fsp3) is 0.467. The Morgan fingerprint density at radius 3 is 2.52 bits per heavy atom. The van der Waals surface area contributed by atoms with Crippen LogP contribution in [0.4, 0.5) is 14.9 Å². The molecule has 42 heavy (non-hydrogen) atoms. The van der Waals surface area contributed by atoms with Crippen molar-refractivity contribution in [2.45, 2.75) is 58.1 Å². The lowest BCUT2D eigenvalue weighted by Crippen LogP contribution is -2.37. The molecule has 0 spiro atoms. The Hall–Kier alpha value is -3.64. The maximum atomic E-state index is 14.4. The van der Waals surface area contributed by atoms with Crippen molar-refractivity contribution in [1.29, 1.82) is 0 Å². The van der Waals surface area contributed by atoms with Crippen molar-refractivity contribution >= 4 is 38.6 Å². The third-order valence-electron chi connectivity index (χ3n) is 8.00. The maximum absolute atomic E-state index is 14.4. The number of primary amides is 1. The van der Waals surface area contributed by atoms with Gasteiger partial charge in [0.2, 0.25) is 10.0 Å². The van der Waals surface area contributed by atoms with Gasteiger partial charge in [0.1, 0.15) is 11.9 Å². The number of carbonyl (C=O) groups excluding carboxylic acids is 2. The topological polar surface area (TPSA) is 145 Å². The summed E-state index contributed by atoms with van der Waals surface area (Å²) in [4.78, 5) is 24.4. The van der Waals surface area contributed by atoms with Gasteiger partial charge in [-0.1, -0.05) is 19.9 Å². The number of amides is 2. The summed E-state index contributed by atoms with van der Waals surface area (Å²) < 4.78 is 48.0. The maximum Gasteiger partial charge on any atom is 0.407 e. The fourth-order valence-corrected chi connectivity index (χ4v) is 8.37. The summed E-state index contributed by atoms with van der Waals surface area (Å²) in [5, 5.41) is 9.77. The minimum Gasteiger partial charge on any atom is -0.446 e. The van der Waals surface area contributed by atoms with Gasteiger partial charge < -0.3 is 26.4 Å². The number of nitrogens with zero attached hydrogens (tertiary/aromatic N) is 1.